The van der Waals surface area contributed by atoms with Gasteiger partial charge in [0.2, 0.25) is 0 Å². The Balaban J connectivity index is 2.43. The summed E-state index contributed by atoms with van der Waals surface area (Å²) in [6.07, 6.45) is -4.45. The third-order valence-electron chi connectivity index (χ3n) is 2.27. The van der Waals surface area contributed by atoms with Crippen LogP contribution in [-0.4, -0.2) is 17.2 Å². The third-order valence-corrected chi connectivity index (χ3v) is 2.27. The first kappa shape index (κ1) is 12.6. The van der Waals surface area contributed by atoms with E-state index < -0.39 is 11.7 Å². The molecule has 0 saturated heterocycles. The highest BCUT2D eigenvalue weighted by Crippen LogP contribution is 2.36. The van der Waals surface area contributed by atoms with Gasteiger partial charge in [0.05, 0.1) is 17.7 Å². The molecule has 0 fully saturated rings. The molecule has 4 nitrogen and oxygen atoms in total. The monoisotopic (exact) mass is 257 g/mol. The van der Waals surface area contributed by atoms with Gasteiger partial charge < -0.3 is 9.84 Å². The molecule has 1 heterocycles. The fraction of sp³-hybridized carbons (Fsp3) is 0.273. The second kappa shape index (κ2) is 4.77. The lowest BCUT2D eigenvalue weighted by molar-refractivity contribution is -0.137. The van der Waals surface area contributed by atoms with Gasteiger partial charge in [-0.1, -0.05) is 17.3 Å². The Bertz CT molecular complexity index is 536. The van der Waals surface area contributed by atoms with E-state index in [0.717, 1.165) is 6.07 Å². The van der Waals surface area contributed by atoms with Crippen LogP contribution in [-0.2, 0) is 12.7 Å². The molecule has 1 aromatic carbocycles. The van der Waals surface area contributed by atoms with Crippen molar-refractivity contribution in [3.63, 3.8) is 0 Å². The van der Waals surface area contributed by atoms with Crippen molar-refractivity contribution in [2.24, 2.45) is 0 Å². The summed E-state index contributed by atoms with van der Waals surface area (Å²) < 4.78 is 43.2. The van der Waals surface area contributed by atoms with Crippen LogP contribution < -0.4 is 5.32 Å². The highest BCUT2D eigenvalue weighted by Gasteiger charge is 2.34. The molecule has 2 aromatic rings. The highest BCUT2D eigenvalue weighted by molar-refractivity contribution is 5.59. The van der Waals surface area contributed by atoms with Crippen molar-refractivity contribution >= 4 is 0 Å². The molecule has 1 N–H and O–H groups in total. The number of hydrogen-bond donors (Lipinski definition) is 1. The number of nitrogens with zero attached hydrogens (tertiary/aromatic N) is 2. The summed E-state index contributed by atoms with van der Waals surface area (Å²) in [6, 6.07) is 5.10. The van der Waals surface area contributed by atoms with Gasteiger partial charge in [-0.15, -0.1) is 0 Å². The lowest BCUT2D eigenvalue weighted by atomic mass is 10.1. The lowest BCUT2D eigenvalue weighted by Gasteiger charge is -2.09. The van der Waals surface area contributed by atoms with Crippen LogP contribution in [0, 0.1) is 0 Å². The number of rotatable bonds is 3. The topological polar surface area (TPSA) is 51.0 Å². The van der Waals surface area contributed by atoms with Gasteiger partial charge in [0, 0.05) is 0 Å². The summed E-state index contributed by atoms with van der Waals surface area (Å²) in [5, 5.41) is 6.38. The molecule has 0 aliphatic carbocycles. The molecule has 1 aromatic heterocycles. The Labute approximate surface area is 101 Å². The highest BCUT2D eigenvalue weighted by atomic mass is 19.4. The largest absolute Gasteiger partial charge is 0.417 e. The van der Waals surface area contributed by atoms with Crippen molar-refractivity contribution in [1.29, 1.82) is 0 Å². The molecule has 0 aliphatic rings. The summed E-state index contributed by atoms with van der Waals surface area (Å²) in [4.78, 5) is 3.90. The first-order valence-electron chi connectivity index (χ1n) is 5.16. The van der Waals surface area contributed by atoms with Crippen LogP contribution in [0.15, 0.2) is 28.8 Å². The molecule has 96 valence electrons. The molecule has 0 spiro atoms. The minimum Gasteiger partial charge on any atom is -0.334 e. The fourth-order valence-corrected chi connectivity index (χ4v) is 1.51. The Kier molecular flexibility index (Phi) is 3.33. The van der Waals surface area contributed by atoms with Crippen LogP contribution in [0.25, 0.3) is 11.5 Å². The standard InChI is InChI=1S/C11H10F3N3O/c1-15-6-9-16-10(18-17-9)7-4-2-3-5-8(7)11(12,13)14/h2-5,15H,6H2,1H3. The third kappa shape index (κ3) is 2.51. The van der Waals surface area contributed by atoms with Gasteiger partial charge in [-0.2, -0.15) is 18.2 Å². The van der Waals surface area contributed by atoms with Crippen molar-refractivity contribution in [1.82, 2.24) is 15.5 Å². The molecule has 0 amide bonds. The molecule has 0 bridgehead atoms. The number of nitrogens with one attached hydrogen (secondary N) is 1. The first-order valence-corrected chi connectivity index (χ1v) is 5.16. The van der Waals surface area contributed by atoms with Crippen LogP contribution in [0.5, 0.6) is 0 Å². The zero-order chi connectivity index (χ0) is 13.2. The van der Waals surface area contributed by atoms with E-state index in [1.807, 2.05) is 0 Å². The quantitative estimate of drug-likeness (QED) is 0.917. The molecular weight excluding hydrogens is 247 g/mol. The molecule has 0 unspecified atom stereocenters. The molecule has 7 heteroatoms. The van der Waals surface area contributed by atoms with E-state index in [2.05, 4.69) is 15.5 Å². The zero-order valence-corrected chi connectivity index (χ0v) is 9.45. The van der Waals surface area contributed by atoms with Crippen molar-refractivity contribution in [2.75, 3.05) is 7.05 Å². The second-order valence-corrected chi connectivity index (χ2v) is 3.59. The Hall–Kier alpha value is -1.89. The molecule has 0 radical (unpaired) electrons. The average molecular weight is 257 g/mol. The number of benzene rings is 1. The van der Waals surface area contributed by atoms with Gasteiger partial charge in [0.1, 0.15) is 0 Å². The van der Waals surface area contributed by atoms with Gasteiger partial charge in [-0.05, 0) is 19.2 Å². The zero-order valence-electron chi connectivity index (χ0n) is 9.45. The molecule has 0 aliphatic heterocycles. The SMILES string of the molecule is CNCc1noc(-c2ccccc2C(F)(F)F)n1. The molecule has 0 atom stereocenters. The van der Waals surface area contributed by atoms with E-state index >= 15 is 0 Å². The minimum absolute atomic E-state index is 0.111. The molecule has 0 saturated carbocycles. The Morgan fingerprint density at radius 1 is 1.28 bits per heavy atom. The maximum absolute atomic E-state index is 12.8. The summed E-state index contributed by atoms with van der Waals surface area (Å²) in [5.41, 5.74) is -0.899. The fourth-order valence-electron chi connectivity index (χ4n) is 1.51. The van der Waals surface area contributed by atoms with Crippen LogP contribution >= 0.6 is 0 Å². The van der Waals surface area contributed by atoms with Gasteiger partial charge in [-0.3, -0.25) is 0 Å². The minimum atomic E-state index is -4.45. The van der Waals surface area contributed by atoms with E-state index in [1.165, 1.54) is 18.2 Å². The van der Waals surface area contributed by atoms with Crippen molar-refractivity contribution in [2.45, 2.75) is 12.7 Å². The summed E-state index contributed by atoms with van der Waals surface area (Å²) >= 11 is 0. The smallest absolute Gasteiger partial charge is 0.334 e. The maximum atomic E-state index is 12.8. The van der Waals surface area contributed by atoms with Crippen LogP contribution in [0.4, 0.5) is 13.2 Å². The van der Waals surface area contributed by atoms with Crippen LogP contribution in [0.3, 0.4) is 0 Å². The van der Waals surface area contributed by atoms with Gasteiger partial charge in [0.15, 0.2) is 5.82 Å². The molecule has 2 rings (SSSR count). The van der Waals surface area contributed by atoms with Crippen molar-refractivity contribution in [3.8, 4) is 11.5 Å². The van der Waals surface area contributed by atoms with E-state index in [9.17, 15) is 13.2 Å². The Morgan fingerprint density at radius 3 is 2.67 bits per heavy atom. The van der Waals surface area contributed by atoms with Crippen molar-refractivity contribution < 1.29 is 17.7 Å². The van der Waals surface area contributed by atoms with Crippen molar-refractivity contribution in [3.05, 3.63) is 35.7 Å². The normalized spacial score (nSPS) is 11.8. The van der Waals surface area contributed by atoms with E-state index in [-0.39, 0.29) is 11.5 Å². The lowest BCUT2D eigenvalue weighted by Crippen LogP contribution is -2.07. The molecular formula is C11H10F3N3O. The number of aromatic nitrogens is 2. The average Bonchev–Trinajstić information content (AvgIpc) is 2.77. The summed E-state index contributed by atoms with van der Waals surface area (Å²) in [5.74, 6) is 0.178. The van der Waals surface area contributed by atoms with Gasteiger partial charge >= 0.3 is 6.18 Å². The molecule has 18 heavy (non-hydrogen) atoms. The van der Waals surface area contributed by atoms with Gasteiger partial charge in [-0.25, -0.2) is 0 Å². The first-order chi connectivity index (χ1) is 8.52. The predicted octanol–water partition coefficient (Wildman–Crippen LogP) is 2.47. The number of hydrogen-bond acceptors (Lipinski definition) is 4. The van der Waals surface area contributed by atoms with Crippen LogP contribution in [0.1, 0.15) is 11.4 Å². The van der Waals surface area contributed by atoms with E-state index in [1.54, 1.807) is 7.05 Å². The maximum Gasteiger partial charge on any atom is 0.417 e. The number of alkyl halides is 3. The van der Waals surface area contributed by atoms with E-state index in [0.29, 0.717) is 12.4 Å². The summed E-state index contributed by atoms with van der Waals surface area (Å²) in [6.45, 7) is 0.331. The van der Waals surface area contributed by atoms with Gasteiger partial charge in [0.25, 0.3) is 5.89 Å². The van der Waals surface area contributed by atoms with Crippen LogP contribution in [0.2, 0.25) is 0 Å². The Morgan fingerprint density at radius 2 is 2.00 bits per heavy atom. The summed E-state index contributed by atoms with van der Waals surface area (Å²) in [7, 11) is 1.68. The van der Waals surface area contributed by atoms with E-state index in [4.69, 9.17) is 4.52 Å². The number of halogens is 3. The predicted molar refractivity (Wildman–Crippen MR) is 57.5 cm³/mol. The second-order valence-electron chi connectivity index (χ2n) is 3.59.